The number of rotatable bonds is 6. The maximum atomic E-state index is 13.3. The van der Waals surface area contributed by atoms with Crippen LogP contribution < -0.4 is 14.2 Å². The molecular formula is C16H23NO7S. The Balaban J connectivity index is 2.56. The zero-order valence-electron chi connectivity index (χ0n) is 14.7. The van der Waals surface area contributed by atoms with Crippen LogP contribution in [0.1, 0.15) is 19.8 Å². The van der Waals surface area contributed by atoms with E-state index in [2.05, 4.69) is 0 Å². The van der Waals surface area contributed by atoms with E-state index in [4.69, 9.17) is 14.2 Å². The van der Waals surface area contributed by atoms with Crippen molar-refractivity contribution in [2.24, 2.45) is 5.92 Å². The van der Waals surface area contributed by atoms with Crippen molar-refractivity contribution in [3.05, 3.63) is 12.1 Å². The zero-order chi connectivity index (χ0) is 18.8. The number of carboxylic acids is 1. The lowest BCUT2D eigenvalue weighted by Gasteiger charge is -2.35. The molecule has 1 heterocycles. The first kappa shape index (κ1) is 19.3. The van der Waals surface area contributed by atoms with Crippen LogP contribution >= 0.6 is 0 Å². The van der Waals surface area contributed by atoms with Gasteiger partial charge >= 0.3 is 5.97 Å². The van der Waals surface area contributed by atoms with Crippen molar-refractivity contribution in [3.8, 4) is 17.2 Å². The van der Waals surface area contributed by atoms with Gasteiger partial charge in [0.05, 0.1) is 27.2 Å². The third-order valence-corrected chi connectivity index (χ3v) is 6.46. The molecular weight excluding hydrogens is 350 g/mol. The lowest BCUT2D eigenvalue weighted by molar-refractivity contribution is -0.143. The van der Waals surface area contributed by atoms with Gasteiger partial charge in [0.25, 0.3) is 10.0 Å². The quantitative estimate of drug-likeness (QED) is 0.808. The number of ether oxygens (including phenoxy) is 3. The number of nitrogens with zero attached hydrogens (tertiary/aromatic N) is 1. The van der Waals surface area contributed by atoms with Crippen LogP contribution in [0.25, 0.3) is 0 Å². The summed E-state index contributed by atoms with van der Waals surface area (Å²) in [7, 11) is 0.135. The third-order valence-electron chi connectivity index (χ3n) is 4.41. The van der Waals surface area contributed by atoms with E-state index in [-0.39, 0.29) is 29.0 Å². The molecule has 1 N–H and O–H groups in total. The molecule has 1 aromatic rings. The Morgan fingerprint density at radius 3 is 2.12 bits per heavy atom. The number of methoxy groups -OCH3 is 3. The lowest BCUT2D eigenvalue weighted by atomic mass is 9.96. The number of hydrogen-bond acceptors (Lipinski definition) is 6. The highest BCUT2D eigenvalue weighted by Crippen LogP contribution is 2.41. The van der Waals surface area contributed by atoms with E-state index >= 15 is 0 Å². The zero-order valence-corrected chi connectivity index (χ0v) is 15.5. The number of carboxylic acid groups (broad SMARTS) is 1. The minimum atomic E-state index is -4.02. The normalized spacial score (nSPS) is 21.6. The number of carbonyl (C=O) groups is 1. The monoisotopic (exact) mass is 373 g/mol. The molecule has 25 heavy (non-hydrogen) atoms. The smallest absolute Gasteiger partial charge is 0.307 e. The summed E-state index contributed by atoms with van der Waals surface area (Å²) in [6.07, 6.45) is 0.913. The van der Waals surface area contributed by atoms with Crippen molar-refractivity contribution in [3.63, 3.8) is 0 Å². The van der Waals surface area contributed by atoms with Crippen LogP contribution in [0.5, 0.6) is 17.2 Å². The molecule has 0 saturated carbocycles. The highest BCUT2D eigenvalue weighted by atomic mass is 32.2. The van der Waals surface area contributed by atoms with Gasteiger partial charge in [-0.15, -0.1) is 0 Å². The summed E-state index contributed by atoms with van der Waals surface area (Å²) in [5, 5.41) is 9.26. The number of piperidine rings is 1. The lowest BCUT2D eigenvalue weighted by Crippen LogP contribution is -2.47. The van der Waals surface area contributed by atoms with Gasteiger partial charge in [-0.1, -0.05) is 0 Å². The Morgan fingerprint density at radius 1 is 1.12 bits per heavy atom. The van der Waals surface area contributed by atoms with Gasteiger partial charge in [0.2, 0.25) is 0 Å². The van der Waals surface area contributed by atoms with Crippen LogP contribution in [0.4, 0.5) is 0 Å². The first-order chi connectivity index (χ1) is 11.8. The standard InChI is InChI=1S/C16H23NO7S/c1-10-5-6-11(16(18)19)9-17(10)25(20,21)15-13(23-3)7-12(22-2)8-14(15)24-4/h7-8,10-11H,5-6,9H2,1-4H3,(H,18,19). The SMILES string of the molecule is COc1cc(OC)c(S(=O)(=O)N2CC(C(=O)O)CCC2C)c(OC)c1. The molecule has 1 aliphatic rings. The van der Waals surface area contributed by atoms with Crippen LogP contribution in [-0.4, -0.2) is 57.7 Å². The molecule has 1 fully saturated rings. The number of sulfonamides is 1. The Kier molecular flexibility index (Phi) is 5.79. The average molecular weight is 373 g/mol. The van der Waals surface area contributed by atoms with Gasteiger partial charge in [-0.3, -0.25) is 4.79 Å². The third kappa shape index (κ3) is 3.67. The summed E-state index contributed by atoms with van der Waals surface area (Å²) >= 11 is 0. The molecule has 9 heteroatoms. The van der Waals surface area contributed by atoms with Crippen molar-refractivity contribution in [2.75, 3.05) is 27.9 Å². The minimum Gasteiger partial charge on any atom is -0.496 e. The predicted octanol–water partition coefficient (Wildman–Crippen LogP) is 1.59. The summed E-state index contributed by atoms with van der Waals surface area (Å²) in [5.74, 6) is -1.17. The summed E-state index contributed by atoms with van der Waals surface area (Å²) in [6.45, 7) is 1.68. The molecule has 0 amide bonds. The summed E-state index contributed by atoms with van der Waals surface area (Å²) in [4.78, 5) is 11.2. The first-order valence-electron chi connectivity index (χ1n) is 7.80. The Hall–Kier alpha value is -2.00. The molecule has 1 saturated heterocycles. The number of benzene rings is 1. The summed E-state index contributed by atoms with van der Waals surface area (Å²) in [6, 6.07) is 2.59. The van der Waals surface area contributed by atoms with E-state index in [0.717, 1.165) is 0 Å². The fourth-order valence-electron chi connectivity index (χ4n) is 2.96. The van der Waals surface area contributed by atoms with Gasteiger partial charge < -0.3 is 19.3 Å². The molecule has 1 aromatic carbocycles. The van der Waals surface area contributed by atoms with Gasteiger partial charge in [-0.25, -0.2) is 8.42 Å². The Labute approximate surface area is 147 Å². The van der Waals surface area contributed by atoms with Crippen molar-refractivity contribution in [1.82, 2.24) is 4.31 Å². The fraction of sp³-hybridized carbons (Fsp3) is 0.562. The molecule has 1 aliphatic heterocycles. The summed E-state index contributed by atoms with van der Waals surface area (Å²) < 4.78 is 43.3. The largest absolute Gasteiger partial charge is 0.496 e. The Bertz CT molecular complexity index is 722. The van der Waals surface area contributed by atoms with Crippen LogP contribution in [-0.2, 0) is 14.8 Å². The topological polar surface area (TPSA) is 102 Å². The van der Waals surface area contributed by atoms with E-state index in [0.29, 0.717) is 18.6 Å². The average Bonchev–Trinajstić information content (AvgIpc) is 2.60. The molecule has 8 nitrogen and oxygen atoms in total. The van der Waals surface area contributed by atoms with E-state index in [9.17, 15) is 18.3 Å². The second-order valence-corrected chi connectivity index (χ2v) is 7.72. The molecule has 2 atom stereocenters. The van der Waals surface area contributed by atoms with Crippen molar-refractivity contribution >= 4 is 16.0 Å². The van der Waals surface area contributed by atoms with Crippen molar-refractivity contribution in [2.45, 2.75) is 30.7 Å². The molecule has 0 spiro atoms. The van der Waals surface area contributed by atoms with Crippen LogP contribution in [0.3, 0.4) is 0 Å². The van der Waals surface area contributed by atoms with Crippen molar-refractivity contribution in [1.29, 1.82) is 0 Å². The maximum absolute atomic E-state index is 13.3. The van der Waals surface area contributed by atoms with E-state index in [1.807, 2.05) is 0 Å². The van der Waals surface area contributed by atoms with Gasteiger partial charge in [0.1, 0.15) is 17.2 Å². The van der Waals surface area contributed by atoms with Gasteiger partial charge in [0, 0.05) is 24.7 Å². The second kappa shape index (κ2) is 7.49. The molecule has 0 aromatic heterocycles. The molecule has 0 radical (unpaired) electrons. The van der Waals surface area contributed by atoms with Crippen molar-refractivity contribution < 1.29 is 32.5 Å². The number of hydrogen-bond donors (Lipinski definition) is 1. The first-order valence-corrected chi connectivity index (χ1v) is 9.24. The molecule has 2 unspecified atom stereocenters. The second-order valence-electron chi connectivity index (χ2n) is 5.90. The summed E-state index contributed by atoms with van der Waals surface area (Å²) in [5.41, 5.74) is 0. The van der Waals surface area contributed by atoms with Crippen LogP contribution in [0.2, 0.25) is 0 Å². The molecule has 0 bridgehead atoms. The van der Waals surface area contributed by atoms with E-state index in [1.165, 1.54) is 37.8 Å². The van der Waals surface area contributed by atoms with Crippen LogP contribution in [0, 0.1) is 5.92 Å². The highest BCUT2D eigenvalue weighted by molar-refractivity contribution is 7.89. The minimum absolute atomic E-state index is 0.0841. The molecule has 140 valence electrons. The van der Waals surface area contributed by atoms with Crippen LogP contribution in [0.15, 0.2) is 17.0 Å². The molecule has 0 aliphatic carbocycles. The molecule has 2 rings (SSSR count). The predicted molar refractivity (Wildman–Crippen MR) is 89.8 cm³/mol. The van der Waals surface area contributed by atoms with Gasteiger partial charge in [-0.05, 0) is 19.8 Å². The van der Waals surface area contributed by atoms with Gasteiger partial charge in [0.15, 0.2) is 4.90 Å². The number of aliphatic carboxylic acids is 1. The van der Waals surface area contributed by atoms with E-state index < -0.39 is 21.9 Å². The fourth-order valence-corrected chi connectivity index (χ4v) is 4.94. The maximum Gasteiger partial charge on any atom is 0.307 e. The van der Waals surface area contributed by atoms with E-state index in [1.54, 1.807) is 6.92 Å². The Morgan fingerprint density at radius 2 is 1.68 bits per heavy atom. The van der Waals surface area contributed by atoms with Gasteiger partial charge in [-0.2, -0.15) is 4.31 Å². The highest BCUT2D eigenvalue weighted by Gasteiger charge is 2.40.